The summed E-state index contributed by atoms with van der Waals surface area (Å²) in [5, 5.41) is 0. The Labute approximate surface area is 289 Å². The van der Waals surface area contributed by atoms with Crippen LogP contribution in [-0.2, 0) is 9.53 Å². The van der Waals surface area contributed by atoms with Gasteiger partial charge in [-0.1, -0.05) is 6.42 Å². The van der Waals surface area contributed by atoms with Crippen LogP contribution in [0.25, 0.3) is 0 Å². The highest BCUT2D eigenvalue weighted by Crippen LogP contribution is 2.41. The molecule has 2 aromatic rings. The maximum absolute atomic E-state index is 14.5. The van der Waals surface area contributed by atoms with Crippen LogP contribution in [-0.4, -0.2) is 106 Å². The van der Waals surface area contributed by atoms with Gasteiger partial charge in [-0.3, -0.25) is 14.5 Å². The summed E-state index contributed by atoms with van der Waals surface area (Å²) in [4.78, 5) is 59.9. The third-order valence-corrected chi connectivity index (χ3v) is 10.6. The minimum Gasteiger partial charge on any atom is -0.444 e. The van der Waals surface area contributed by atoms with Gasteiger partial charge < -0.3 is 24.3 Å². The monoisotopic (exact) mass is 677 g/mol. The molecule has 4 atom stereocenters. The van der Waals surface area contributed by atoms with Gasteiger partial charge in [-0.25, -0.2) is 19.2 Å². The second-order valence-corrected chi connectivity index (χ2v) is 15.5. The second-order valence-electron chi connectivity index (χ2n) is 15.5. The number of amides is 3. The lowest BCUT2D eigenvalue weighted by molar-refractivity contribution is -0.141. The number of piperidine rings is 1. The molecule has 0 N–H and O–H groups in total. The molecule has 11 nitrogen and oxygen atoms in total. The average molecular weight is 678 g/mol. The van der Waals surface area contributed by atoms with Gasteiger partial charge in [0, 0.05) is 51.9 Å². The van der Waals surface area contributed by atoms with Gasteiger partial charge >= 0.3 is 6.09 Å². The maximum Gasteiger partial charge on any atom is 0.410 e. The van der Waals surface area contributed by atoms with Crippen LogP contribution in [0.5, 0.6) is 0 Å². The maximum atomic E-state index is 14.5. The zero-order valence-corrected chi connectivity index (χ0v) is 29.9. The van der Waals surface area contributed by atoms with E-state index in [2.05, 4.69) is 14.9 Å². The zero-order valence-electron chi connectivity index (χ0n) is 29.9. The van der Waals surface area contributed by atoms with Gasteiger partial charge in [0.05, 0.1) is 17.4 Å². The van der Waals surface area contributed by atoms with Crippen molar-refractivity contribution in [2.24, 2.45) is 17.8 Å². The van der Waals surface area contributed by atoms with Crippen LogP contribution in [0.4, 0.5) is 26.4 Å². The van der Waals surface area contributed by atoms with E-state index in [9.17, 15) is 18.8 Å². The van der Waals surface area contributed by atoms with Crippen molar-refractivity contribution in [2.45, 2.75) is 91.3 Å². The van der Waals surface area contributed by atoms with Crippen molar-refractivity contribution in [1.29, 1.82) is 0 Å². The van der Waals surface area contributed by atoms with Crippen molar-refractivity contribution in [3.8, 4) is 0 Å². The number of aromatic nitrogens is 2. The van der Waals surface area contributed by atoms with Gasteiger partial charge in [0.1, 0.15) is 29.5 Å². The van der Waals surface area contributed by atoms with E-state index in [1.807, 2.05) is 51.3 Å². The molecule has 4 heterocycles. The fourth-order valence-corrected chi connectivity index (χ4v) is 8.39. The van der Waals surface area contributed by atoms with Crippen molar-refractivity contribution >= 4 is 35.1 Å². The lowest BCUT2D eigenvalue weighted by atomic mass is 9.73. The average Bonchev–Trinajstić information content (AvgIpc) is 3.52. The first kappa shape index (κ1) is 34.9. The quantitative estimate of drug-likeness (QED) is 0.367. The molecule has 3 fully saturated rings. The van der Waals surface area contributed by atoms with E-state index in [1.54, 1.807) is 22.1 Å². The Morgan fingerprint density at radius 3 is 2.59 bits per heavy atom. The number of ether oxygens (including phenoxy) is 1. The molecule has 2 bridgehead atoms. The Kier molecular flexibility index (Phi) is 10.0. The number of carbonyl (C=O) groups is 3. The Hall–Kier alpha value is -3.96. The van der Waals surface area contributed by atoms with Crippen LogP contribution < -0.4 is 9.80 Å². The Morgan fingerprint density at radius 2 is 1.86 bits per heavy atom. The number of anilines is 3. The normalized spacial score (nSPS) is 23.8. The molecule has 49 heavy (non-hydrogen) atoms. The van der Waals surface area contributed by atoms with Crippen LogP contribution in [0.2, 0.25) is 0 Å². The summed E-state index contributed by atoms with van der Waals surface area (Å²) in [6, 6.07) is 3.88. The van der Waals surface area contributed by atoms with E-state index in [1.165, 1.54) is 18.5 Å². The van der Waals surface area contributed by atoms with Crippen molar-refractivity contribution in [1.82, 2.24) is 24.7 Å². The number of hydrogen-bond acceptors (Lipinski definition) is 8. The standard InChI is InChI=1S/C37H52FN7O4/c1-7-43(24(2)3)34(46)29-18-28(38)11-12-30(29)44-16-15-41(33-31(44)19-39-23-40-33)20-26-13-14-42(21-26)35(47)32-27-10-8-9-25(17-27)22-45(32)36(48)49-37(4,5)6/h11-12,18-19,23-27,32H,7-10,13-17,20-22H2,1-6H3/t25?,26?,27?,32-/m0/s1. The number of nitrogens with zero attached hydrogens (tertiary/aromatic N) is 7. The fraction of sp³-hybridized carbons (Fsp3) is 0.649. The largest absolute Gasteiger partial charge is 0.444 e. The molecule has 2 saturated heterocycles. The highest BCUT2D eigenvalue weighted by Gasteiger charge is 2.47. The van der Waals surface area contributed by atoms with Gasteiger partial charge in [0.2, 0.25) is 5.91 Å². The van der Waals surface area contributed by atoms with E-state index in [-0.39, 0.29) is 35.8 Å². The van der Waals surface area contributed by atoms with Gasteiger partial charge in [-0.05, 0) is 103 Å². The van der Waals surface area contributed by atoms with Crippen molar-refractivity contribution in [3.05, 3.63) is 42.1 Å². The Bertz CT molecular complexity index is 1550. The number of likely N-dealkylation sites (tertiary alicyclic amines) is 2. The van der Waals surface area contributed by atoms with E-state index in [4.69, 9.17) is 4.74 Å². The zero-order chi connectivity index (χ0) is 35.0. The highest BCUT2D eigenvalue weighted by atomic mass is 19.1. The van der Waals surface area contributed by atoms with E-state index < -0.39 is 17.5 Å². The molecule has 1 saturated carbocycles. The number of rotatable bonds is 7. The first-order valence-corrected chi connectivity index (χ1v) is 18.1. The van der Waals surface area contributed by atoms with Crippen LogP contribution in [0.15, 0.2) is 30.7 Å². The summed E-state index contributed by atoms with van der Waals surface area (Å²) in [7, 11) is 0. The van der Waals surface area contributed by atoms with Crippen LogP contribution >= 0.6 is 0 Å². The topological polar surface area (TPSA) is 102 Å². The van der Waals surface area contributed by atoms with Gasteiger partial charge in [-0.15, -0.1) is 0 Å². The molecule has 12 heteroatoms. The van der Waals surface area contributed by atoms with E-state index in [0.717, 1.165) is 43.6 Å². The smallest absolute Gasteiger partial charge is 0.410 e. The third kappa shape index (κ3) is 7.33. The van der Waals surface area contributed by atoms with Crippen molar-refractivity contribution in [3.63, 3.8) is 0 Å². The third-order valence-electron chi connectivity index (χ3n) is 10.6. The van der Waals surface area contributed by atoms with E-state index >= 15 is 0 Å². The number of carbonyl (C=O) groups excluding carboxylic acids is 3. The molecule has 4 aliphatic rings. The molecule has 1 aliphatic carbocycles. The SMILES string of the molecule is CCN(C(=O)c1cc(F)ccc1N1CCN(CC2CCN(C(=O)[C@@H]3C4CCCC(C4)CN3C(=O)OC(C)(C)C)C2)c2ncncc21)C(C)C. The first-order valence-electron chi connectivity index (χ1n) is 18.1. The molecule has 3 unspecified atom stereocenters. The number of benzene rings is 1. The molecule has 0 radical (unpaired) electrons. The number of halogens is 1. The predicted molar refractivity (Wildman–Crippen MR) is 186 cm³/mol. The van der Waals surface area contributed by atoms with Crippen LogP contribution in [0, 0.1) is 23.6 Å². The Balaban J connectivity index is 1.18. The molecule has 266 valence electrons. The fourth-order valence-electron chi connectivity index (χ4n) is 8.39. The second kappa shape index (κ2) is 14.1. The Morgan fingerprint density at radius 1 is 1.06 bits per heavy atom. The summed E-state index contributed by atoms with van der Waals surface area (Å²) in [6.07, 6.45) is 7.89. The summed E-state index contributed by atoms with van der Waals surface area (Å²) in [5.74, 6) is 0.937. The summed E-state index contributed by atoms with van der Waals surface area (Å²) < 4.78 is 20.3. The van der Waals surface area contributed by atoms with Gasteiger partial charge in [0.15, 0.2) is 5.82 Å². The van der Waals surface area contributed by atoms with Crippen LogP contribution in [0.3, 0.4) is 0 Å². The summed E-state index contributed by atoms with van der Waals surface area (Å²) in [6.45, 7) is 15.7. The van der Waals surface area contributed by atoms with Crippen molar-refractivity contribution in [2.75, 3.05) is 55.6 Å². The van der Waals surface area contributed by atoms with Gasteiger partial charge in [-0.2, -0.15) is 0 Å². The molecule has 1 aromatic heterocycles. The lowest BCUT2D eigenvalue weighted by Gasteiger charge is -2.47. The lowest BCUT2D eigenvalue weighted by Crippen LogP contribution is -2.60. The molecule has 6 rings (SSSR count). The molecule has 3 amide bonds. The number of hydrogen-bond donors (Lipinski definition) is 0. The van der Waals surface area contributed by atoms with Gasteiger partial charge in [0.25, 0.3) is 5.91 Å². The minimum absolute atomic E-state index is 0.0305. The molecule has 1 aromatic carbocycles. The van der Waals surface area contributed by atoms with Crippen LogP contribution in [0.1, 0.15) is 84.0 Å². The highest BCUT2D eigenvalue weighted by molar-refractivity contribution is 6.01. The molecule has 0 spiro atoms. The predicted octanol–water partition coefficient (Wildman–Crippen LogP) is 5.72. The molecular formula is C37H52FN7O4. The summed E-state index contributed by atoms with van der Waals surface area (Å²) in [5.41, 5.74) is 1.08. The first-order chi connectivity index (χ1) is 23.3. The van der Waals surface area contributed by atoms with E-state index in [0.29, 0.717) is 63.0 Å². The van der Waals surface area contributed by atoms with Crippen molar-refractivity contribution < 1.29 is 23.5 Å². The molecular weight excluding hydrogens is 625 g/mol. The summed E-state index contributed by atoms with van der Waals surface area (Å²) >= 11 is 0. The minimum atomic E-state index is -0.627. The molecule has 3 aliphatic heterocycles. The number of fused-ring (bicyclic) bond motifs is 3.